The van der Waals surface area contributed by atoms with Crippen LogP contribution in [0, 0.1) is 5.82 Å². The first-order chi connectivity index (χ1) is 11.4. The standard InChI is InChI=1S/C17H13F4NO2/c18-14-7-3-4-10-8-11(24-15(10)14)9-22-16(23)12-5-1-2-6-13(12)17(19,20)21/h1-7,11H,8-9H2,(H,22,23)/t11-/m1/s1. The van der Waals surface area contributed by atoms with Crippen LogP contribution >= 0.6 is 0 Å². The van der Waals surface area contributed by atoms with Crippen molar-refractivity contribution in [2.45, 2.75) is 18.7 Å². The highest BCUT2D eigenvalue weighted by Crippen LogP contribution is 2.32. The Morgan fingerprint density at radius 1 is 1.17 bits per heavy atom. The van der Waals surface area contributed by atoms with E-state index in [1.54, 1.807) is 12.1 Å². The first kappa shape index (κ1) is 16.3. The van der Waals surface area contributed by atoms with E-state index in [2.05, 4.69) is 5.32 Å². The lowest BCUT2D eigenvalue weighted by atomic mass is 10.1. The fraction of sp³-hybridized carbons (Fsp3) is 0.235. The molecule has 0 spiro atoms. The zero-order valence-corrected chi connectivity index (χ0v) is 12.4. The summed E-state index contributed by atoms with van der Waals surface area (Å²) in [6.07, 6.45) is -4.75. The van der Waals surface area contributed by atoms with Crippen LogP contribution in [0.25, 0.3) is 0 Å². The minimum absolute atomic E-state index is 0.0147. The Labute approximate surface area is 135 Å². The van der Waals surface area contributed by atoms with Crippen molar-refractivity contribution in [1.82, 2.24) is 5.32 Å². The molecule has 0 radical (unpaired) electrons. The van der Waals surface area contributed by atoms with Gasteiger partial charge in [0.1, 0.15) is 6.10 Å². The molecule has 0 aliphatic carbocycles. The number of carbonyl (C=O) groups is 1. The highest BCUT2D eigenvalue weighted by molar-refractivity contribution is 5.95. The van der Waals surface area contributed by atoms with Crippen LogP contribution in [0.3, 0.4) is 0 Å². The van der Waals surface area contributed by atoms with Crippen molar-refractivity contribution in [3.05, 3.63) is 65.0 Å². The normalized spacial score (nSPS) is 16.4. The van der Waals surface area contributed by atoms with Crippen molar-refractivity contribution in [2.24, 2.45) is 0 Å². The fourth-order valence-corrected chi connectivity index (χ4v) is 2.64. The highest BCUT2D eigenvalue weighted by Gasteiger charge is 2.35. The van der Waals surface area contributed by atoms with E-state index in [9.17, 15) is 22.4 Å². The first-order valence-corrected chi connectivity index (χ1v) is 7.24. The number of fused-ring (bicyclic) bond motifs is 1. The molecule has 1 heterocycles. The summed E-state index contributed by atoms with van der Waals surface area (Å²) in [5.74, 6) is -1.21. The van der Waals surface area contributed by atoms with Gasteiger partial charge in [-0.1, -0.05) is 24.3 Å². The van der Waals surface area contributed by atoms with Crippen molar-refractivity contribution >= 4 is 5.91 Å². The third-order valence-electron chi connectivity index (χ3n) is 3.75. The quantitative estimate of drug-likeness (QED) is 0.868. The topological polar surface area (TPSA) is 38.3 Å². The number of rotatable bonds is 3. The molecule has 0 bridgehead atoms. The van der Waals surface area contributed by atoms with Crippen LogP contribution in [0.1, 0.15) is 21.5 Å². The zero-order chi connectivity index (χ0) is 17.3. The number of ether oxygens (including phenoxy) is 1. The number of hydrogen-bond acceptors (Lipinski definition) is 2. The fourth-order valence-electron chi connectivity index (χ4n) is 2.64. The Kier molecular flexibility index (Phi) is 4.17. The second-order valence-corrected chi connectivity index (χ2v) is 5.43. The van der Waals surface area contributed by atoms with Crippen LogP contribution in [-0.2, 0) is 12.6 Å². The summed E-state index contributed by atoms with van der Waals surface area (Å²) in [6.45, 7) is -0.0147. The number of para-hydroxylation sites is 1. The number of alkyl halides is 3. The average Bonchev–Trinajstić information content (AvgIpc) is 2.96. The second kappa shape index (κ2) is 6.14. The van der Waals surface area contributed by atoms with Gasteiger partial charge >= 0.3 is 6.18 Å². The minimum atomic E-state index is -4.61. The van der Waals surface area contributed by atoms with Crippen LogP contribution in [-0.4, -0.2) is 18.6 Å². The Bertz CT molecular complexity index is 773. The van der Waals surface area contributed by atoms with Crippen LogP contribution in [0.4, 0.5) is 17.6 Å². The summed E-state index contributed by atoms with van der Waals surface area (Å²) in [5, 5.41) is 2.42. The molecule has 24 heavy (non-hydrogen) atoms. The number of hydrogen-bond donors (Lipinski definition) is 1. The van der Waals surface area contributed by atoms with E-state index in [-0.39, 0.29) is 12.3 Å². The molecule has 7 heteroatoms. The van der Waals surface area contributed by atoms with E-state index in [0.717, 1.165) is 12.1 Å². The van der Waals surface area contributed by atoms with E-state index < -0.39 is 35.1 Å². The molecule has 0 fully saturated rings. The maximum Gasteiger partial charge on any atom is 0.417 e. The van der Waals surface area contributed by atoms with Crippen LogP contribution in [0.2, 0.25) is 0 Å². The maximum atomic E-state index is 13.6. The van der Waals surface area contributed by atoms with Crippen molar-refractivity contribution in [3.8, 4) is 5.75 Å². The molecule has 3 rings (SSSR count). The molecule has 0 unspecified atom stereocenters. The summed E-state index contributed by atoms with van der Waals surface area (Å²) in [4.78, 5) is 12.1. The predicted octanol–water partition coefficient (Wildman–Crippen LogP) is 3.58. The van der Waals surface area contributed by atoms with Crippen LogP contribution in [0.15, 0.2) is 42.5 Å². The second-order valence-electron chi connectivity index (χ2n) is 5.43. The number of amides is 1. The van der Waals surface area contributed by atoms with Gasteiger partial charge in [-0.05, 0) is 18.2 Å². The molecular weight excluding hydrogens is 326 g/mol. The number of halogens is 4. The van der Waals surface area contributed by atoms with Gasteiger partial charge in [0.2, 0.25) is 0 Å². The van der Waals surface area contributed by atoms with Gasteiger partial charge in [0.05, 0.1) is 17.7 Å². The molecule has 0 saturated heterocycles. The highest BCUT2D eigenvalue weighted by atomic mass is 19.4. The van der Waals surface area contributed by atoms with Crippen molar-refractivity contribution < 1.29 is 27.1 Å². The molecule has 0 saturated carbocycles. The van der Waals surface area contributed by atoms with E-state index in [0.29, 0.717) is 12.0 Å². The molecule has 1 aliphatic heterocycles. The largest absolute Gasteiger partial charge is 0.485 e. The maximum absolute atomic E-state index is 13.6. The van der Waals surface area contributed by atoms with E-state index in [1.165, 1.54) is 18.2 Å². The van der Waals surface area contributed by atoms with Gasteiger partial charge in [0, 0.05) is 12.0 Å². The van der Waals surface area contributed by atoms with Gasteiger partial charge in [0.25, 0.3) is 5.91 Å². The van der Waals surface area contributed by atoms with Gasteiger partial charge in [0.15, 0.2) is 11.6 Å². The van der Waals surface area contributed by atoms with Gasteiger partial charge in [-0.15, -0.1) is 0 Å². The molecular formula is C17H13F4NO2. The van der Waals surface area contributed by atoms with E-state index in [4.69, 9.17) is 4.74 Å². The van der Waals surface area contributed by atoms with E-state index >= 15 is 0 Å². The SMILES string of the molecule is O=C(NC[C@H]1Cc2cccc(F)c2O1)c1ccccc1C(F)(F)F. The molecule has 2 aromatic rings. The predicted molar refractivity (Wildman–Crippen MR) is 78.3 cm³/mol. The lowest BCUT2D eigenvalue weighted by Gasteiger charge is -2.15. The molecule has 3 nitrogen and oxygen atoms in total. The monoisotopic (exact) mass is 339 g/mol. The minimum Gasteiger partial charge on any atom is -0.485 e. The molecule has 1 amide bonds. The molecule has 0 aromatic heterocycles. The molecule has 1 N–H and O–H groups in total. The summed E-state index contributed by atoms with van der Waals surface area (Å²) < 4.78 is 57.8. The Morgan fingerprint density at radius 2 is 1.92 bits per heavy atom. The summed E-state index contributed by atoms with van der Waals surface area (Å²) in [7, 11) is 0. The first-order valence-electron chi connectivity index (χ1n) is 7.24. The van der Waals surface area contributed by atoms with Gasteiger partial charge in [-0.25, -0.2) is 4.39 Å². The number of nitrogens with one attached hydrogen (secondary N) is 1. The number of carbonyl (C=O) groups excluding carboxylic acids is 1. The Morgan fingerprint density at radius 3 is 2.62 bits per heavy atom. The van der Waals surface area contributed by atoms with Crippen LogP contribution in [0.5, 0.6) is 5.75 Å². The average molecular weight is 339 g/mol. The van der Waals surface area contributed by atoms with Gasteiger partial charge in [-0.2, -0.15) is 13.2 Å². The van der Waals surface area contributed by atoms with Gasteiger partial charge in [-0.3, -0.25) is 4.79 Å². The van der Waals surface area contributed by atoms with Crippen molar-refractivity contribution in [1.29, 1.82) is 0 Å². The zero-order valence-electron chi connectivity index (χ0n) is 12.4. The lowest BCUT2D eigenvalue weighted by molar-refractivity contribution is -0.137. The van der Waals surface area contributed by atoms with E-state index in [1.807, 2.05) is 0 Å². The summed E-state index contributed by atoms with van der Waals surface area (Å²) in [5.41, 5.74) is -0.777. The smallest absolute Gasteiger partial charge is 0.417 e. The van der Waals surface area contributed by atoms with Crippen molar-refractivity contribution in [3.63, 3.8) is 0 Å². The molecule has 1 atom stereocenters. The molecule has 2 aromatic carbocycles. The third kappa shape index (κ3) is 3.20. The van der Waals surface area contributed by atoms with Gasteiger partial charge < -0.3 is 10.1 Å². The molecule has 1 aliphatic rings. The Hall–Kier alpha value is -2.57. The van der Waals surface area contributed by atoms with Crippen molar-refractivity contribution in [2.75, 3.05) is 6.54 Å². The molecule has 126 valence electrons. The summed E-state index contributed by atoms with van der Waals surface area (Å²) >= 11 is 0. The third-order valence-corrected chi connectivity index (χ3v) is 3.75. The van der Waals surface area contributed by atoms with Crippen LogP contribution < -0.4 is 10.1 Å². The number of benzene rings is 2. The Balaban J connectivity index is 1.67. The summed E-state index contributed by atoms with van der Waals surface area (Å²) in [6, 6.07) is 9.07. The lowest BCUT2D eigenvalue weighted by Crippen LogP contribution is -2.35.